The van der Waals surface area contributed by atoms with Gasteiger partial charge in [0, 0.05) is 25.8 Å². The van der Waals surface area contributed by atoms with Crippen LogP contribution in [0.5, 0.6) is 5.88 Å². The van der Waals surface area contributed by atoms with Gasteiger partial charge >= 0.3 is 11.7 Å². The lowest BCUT2D eigenvalue weighted by Gasteiger charge is -2.22. The molecule has 0 spiro atoms. The number of hydrogen-bond donors (Lipinski definition) is 1. The molecule has 0 aliphatic carbocycles. The summed E-state index contributed by atoms with van der Waals surface area (Å²) in [7, 11) is 1.56. The first-order chi connectivity index (χ1) is 9.26. The van der Waals surface area contributed by atoms with Gasteiger partial charge in [0.25, 0.3) is 5.88 Å². The highest BCUT2D eigenvalue weighted by atomic mass is 16.6. The number of carbonyl (C=O) groups is 1. The third kappa shape index (κ3) is 4.16. The lowest BCUT2D eigenvalue weighted by atomic mass is 10.1. The van der Waals surface area contributed by atoms with Gasteiger partial charge in [0.05, 0.1) is 22.7 Å². The van der Waals surface area contributed by atoms with Gasteiger partial charge in [-0.25, -0.2) is 9.78 Å². The smallest absolute Gasteiger partial charge is 0.337 e. The van der Waals surface area contributed by atoms with E-state index in [0.29, 0.717) is 6.42 Å². The monoisotopic (exact) mass is 284 g/mol. The van der Waals surface area contributed by atoms with Crippen molar-refractivity contribution in [3.8, 4) is 5.88 Å². The van der Waals surface area contributed by atoms with Crippen molar-refractivity contribution in [2.75, 3.05) is 13.7 Å². The molecule has 0 saturated carbocycles. The van der Waals surface area contributed by atoms with Crippen LogP contribution in [0, 0.1) is 10.1 Å². The summed E-state index contributed by atoms with van der Waals surface area (Å²) >= 11 is 0. The fourth-order valence-corrected chi connectivity index (χ4v) is 1.30. The van der Waals surface area contributed by atoms with E-state index in [1.807, 2.05) is 13.8 Å². The summed E-state index contributed by atoms with van der Waals surface area (Å²) in [5, 5.41) is 19.7. The van der Waals surface area contributed by atoms with Crippen LogP contribution in [0.3, 0.4) is 0 Å². The third-order valence-electron chi connectivity index (χ3n) is 2.77. The first-order valence-electron chi connectivity index (χ1n) is 5.82. The van der Waals surface area contributed by atoms with E-state index in [1.54, 1.807) is 7.11 Å². The molecule has 1 aromatic rings. The van der Waals surface area contributed by atoms with Crippen LogP contribution < -0.4 is 4.74 Å². The van der Waals surface area contributed by atoms with E-state index in [-0.39, 0.29) is 18.1 Å². The van der Waals surface area contributed by atoms with Gasteiger partial charge in [-0.05, 0) is 13.8 Å². The second-order valence-electron chi connectivity index (χ2n) is 4.67. The molecule has 0 amide bonds. The lowest BCUT2D eigenvalue weighted by Crippen LogP contribution is -2.25. The number of aromatic carboxylic acids is 1. The molecule has 20 heavy (non-hydrogen) atoms. The van der Waals surface area contributed by atoms with E-state index >= 15 is 0 Å². The summed E-state index contributed by atoms with van der Waals surface area (Å²) in [6.45, 7) is 3.87. The molecule has 1 N–H and O–H groups in total. The van der Waals surface area contributed by atoms with Gasteiger partial charge in [-0.3, -0.25) is 10.1 Å². The van der Waals surface area contributed by atoms with E-state index in [1.165, 1.54) is 0 Å². The quantitative estimate of drug-likeness (QED) is 0.600. The van der Waals surface area contributed by atoms with Gasteiger partial charge in [-0.1, -0.05) is 0 Å². The maximum Gasteiger partial charge on any atom is 0.337 e. The van der Waals surface area contributed by atoms with Gasteiger partial charge in [0.15, 0.2) is 0 Å². The van der Waals surface area contributed by atoms with Crippen molar-refractivity contribution >= 4 is 11.7 Å². The molecular weight excluding hydrogens is 268 g/mol. The van der Waals surface area contributed by atoms with E-state index in [2.05, 4.69) is 4.98 Å². The van der Waals surface area contributed by atoms with E-state index in [9.17, 15) is 14.9 Å². The van der Waals surface area contributed by atoms with Gasteiger partial charge in [0.2, 0.25) is 0 Å². The van der Waals surface area contributed by atoms with Crippen LogP contribution in [-0.4, -0.2) is 40.3 Å². The molecule has 8 nitrogen and oxygen atoms in total. The van der Waals surface area contributed by atoms with Gasteiger partial charge < -0.3 is 14.6 Å². The summed E-state index contributed by atoms with van der Waals surface area (Å²) in [4.78, 5) is 24.6. The first kappa shape index (κ1) is 15.8. The molecule has 0 aliphatic heterocycles. The van der Waals surface area contributed by atoms with Crippen molar-refractivity contribution in [2.45, 2.75) is 25.9 Å². The average molecular weight is 284 g/mol. The van der Waals surface area contributed by atoms with Crippen molar-refractivity contribution in [2.24, 2.45) is 0 Å². The molecule has 110 valence electrons. The largest absolute Gasteiger partial charge is 0.478 e. The van der Waals surface area contributed by atoms with Crippen LogP contribution in [0.1, 0.15) is 30.6 Å². The number of hydrogen-bond acceptors (Lipinski definition) is 6. The fraction of sp³-hybridized carbons (Fsp3) is 0.500. The molecule has 1 heterocycles. The van der Waals surface area contributed by atoms with Crippen LogP contribution in [-0.2, 0) is 4.74 Å². The zero-order valence-electron chi connectivity index (χ0n) is 11.5. The third-order valence-corrected chi connectivity index (χ3v) is 2.77. The number of carboxylic acid groups (broad SMARTS) is 1. The highest BCUT2D eigenvalue weighted by Gasteiger charge is 2.22. The molecule has 8 heteroatoms. The molecular formula is C12H16N2O6. The first-order valence-corrected chi connectivity index (χ1v) is 5.82. The van der Waals surface area contributed by atoms with Gasteiger partial charge in [0.1, 0.15) is 0 Å². The maximum atomic E-state index is 10.9. The Morgan fingerprint density at radius 2 is 2.20 bits per heavy atom. The summed E-state index contributed by atoms with van der Waals surface area (Å²) in [5.41, 5.74) is -1.16. The number of ether oxygens (including phenoxy) is 2. The highest BCUT2D eigenvalue weighted by molar-refractivity contribution is 5.88. The molecule has 0 atom stereocenters. The van der Waals surface area contributed by atoms with E-state index < -0.39 is 22.2 Å². The zero-order valence-corrected chi connectivity index (χ0v) is 11.5. The minimum absolute atomic E-state index is 0.168. The van der Waals surface area contributed by atoms with Crippen LogP contribution in [0.2, 0.25) is 0 Å². The molecule has 1 aromatic heterocycles. The minimum Gasteiger partial charge on any atom is -0.478 e. The highest BCUT2D eigenvalue weighted by Crippen LogP contribution is 2.26. The van der Waals surface area contributed by atoms with Crippen molar-refractivity contribution < 1.29 is 24.3 Å². The molecule has 0 radical (unpaired) electrons. The van der Waals surface area contributed by atoms with E-state index in [0.717, 1.165) is 12.3 Å². The summed E-state index contributed by atoms with van der Waals surface area (Å²) in [5.74, 6) is -1.49. The van der Waals surface area contributed by atoms with Crippen LogP contribution >= 0.6 is 0 Å². The Morgan fingerprint density at radius 3 is 2.70 bits per heavy atom. The van der Waals surface area contributed by atoms with Crippen molar-refractivity contribution in [1.29, 1.82) is 0 Å². The van der Waals surface area contributed by atoms with Crippen LogP contribution in [0.25, 0.3) is 0 Å². The van der Waals surface area contributed by atoms with Gasteiger partial charge in [-0.15, -0.1) is 0 Å². The molecule has 0 bridgehead atoms. The number of nitrogens with zero attached hydrogens (tertiary/aromatic N) is 2. The van der Waals surface area contributed by atoms with Crippen molar-refractivity contribution in [3.05, 3.63) is 27.9 Å². The predicted molar refractivity (Wildman–Crippen MR) is 69.1 cm³/mol. The number of nitro groups is 1. The lowest BCUT2D eigenvalue weighted by molar-refractivity contribution is -0.386. The zero-order chi connectivity index (χ0) is 15.3. The number of carboxylic acids is 1. The fourth-order valence-electron chi connectivity index (χ4n) is 1.30. The molecule has 0 saturated heterocycles. The van der Waals surface area contributed by atoms with Gasteiger partial charge in [-0.2, -0.15) is 0 Å². The number of methoxy groups -OCH3 is 1. The normalized spacial score (nSPS) is 11.2. The maximum absolute atomic E-state index is 10.9. The Bertz CT molecular complexity index is 515. The average Bonchev–Trinajstić information content (AvgIpc) is 2.38. The second kappa shape index (κ2) is 6.29. The van der Waals surface area contributed by atoms with E-state index in [4.69, 9.17) is 14.6 Å². The second-order valence-corrected chi connectivity index (χ2v) is 4.67. The molecule has 0 fully saturated rings. The molecule has 0 aromatic carbocycles. The topological polar surface area (TPSA) is 112 Å². The Labute approximate surface area is 115 Å². The Morgan fingerprint density at radius 1 is 1.55 bits per heavy atom. The SMILES string of the molecule is COC(C)(C)CCOc1ncc(C(=O)O)cc1[N+](=O)[O-]. The molecule has 0 unspecified atom stereocenters. The van der Waals surface area contributed by atoms with Crippen molar-refractivity contribution in [1.82, 2.24) is 4.98 Å². The summed E-state index contributed by atoms with van der Waals surface area (Å²) in [6, 6.07) is 0.923. The van der Waals surface area contributed by atoms with Crippen LogP contribution in [0.15, 0.2) is 12.3 Å². The predicted octanol–water partition coefficient (Wildman–Crippen LogP) is 1.88. The number of aromatic nitrogens is 1. The van der Waals surface area contributed by atoms with Crippen molar-refractivity contribution in [3.63, 3.8) is 0 Å². The van der Waals surface area contributed by atoms with Crippen LogP contribution in [0.4, 0.5) is 5.69 Å². The Hall–Kier alpha value is -2.22. The summed E-state index contributed by atoms with van der Waals surface area (Å²) in [6.07, 6.45) is 1.52. The standard InChI is InChI=1S/C12H16N2O6/c1-12(2,19-3)4-5-20-10-9(14(17)18)6-8(7-13-10)11(15)16/h6-7H,4-5H2,1-3H3,(H,15,16). The summed E-state index contributed by atoms with van der Waals surface area (Å²) < 4.78 is 10.4. The Balaban J connectivity index is 2.85. The molecule has 0 aliphatic rings. The Kier molecular flexibility index (Phi) is 4.98. The minimum atomic E-state index is -1.28. The number of rotatable bonds is 7. The number of pyridine rings is 1. The molecule has 1 rings (SSSR count).